The van der Waals surface area contributed by atoms with Crippen LogP contribution in [0, 0.1) is 5.82 Å². The molecule has 0 bridgehead atoms. The van der Waals surface area contributed by atoms with E-state index in [9.17, 15) is 12.8 Å². The van der Waals surface area contributed by atoms with E-state index >= 15 is 0 Å². The number of hydrogen-bond acceptors (Lipinski definition) is 4. The van der Waals surface area contributed by atoms with Gasteiger partial charge in [-0.3, -0.25) is 0 Å². The first-order valence-electron chi connectivity index (χ1n) is 7.54. The third kappa shape index (κ3) is 3.17. The SMILES string of the molecule is CCN(C)S(=O)(=O)c1ccc(B2OC(C)(C)C(C)(C)O2)c(F)c1. The van der Waals surface area contributed by atoms with Gasteiger partial charge in [-0.25, -0.2) is 17.1 Å². The first kappa shape index (κ1) is 18.4. The van der Waals surface area contributed by atoms with Crippen LogP contribution in [0.5, 0.6) is 0 Å². The van der Waals surface area contributed by atoms with Gasteiger partial charge in [-0.2, -0.15) is 0 Å². The topological polar surface area (TPSA) is 55.8 Å². The Hall–Kier alpha value is -0.955. The Balaban J connectivity index is 2.36. The Morgan fingerprint density at radius 2 is 1.70 bits per heavy atom. The highest BCUT2D eigenvalue weighted by molar-refractivity contribution is 7.89. The summed E-state index contributed by atoms with van der Waals surface area (Å²) in [5.74, 6) is -0.658. The van der Waals surface area contributed by atoms with Crippen molar-refractivity contribution in [1.82, 2.24) is 4.31 Å². The summed E-state index contributed by atoms with van der Waals surface area (Å²) in [6.07, 6.45) is 0. The van der Waals surface area contributed by atoms with Gasteiger partial charge in [0.2, 0.25) is 10.0 Å². The molecule has 1 heterocycles. The maximum absolute atomic E-state index is 14.5. The quantitative estimate of drug-likeness (QED) is 0.782. The summed E-state index contributed by atoms with van der Waals surface area (Å²) >= 11 is 0. The smallest absolute Gasteiger partial charge is 0.399 e. The van der Waals surface area contributed by atoms with Gasteiger partial charge >= 0.3 is 7.12 Å². The van der Waals surface area contributed by atoms with Crippen LogP contribution in [0.25, 0.3) is 0 Å². The van der Waals surface area contributed by atoms with Crippen molar-refractivity contribution in [2.45, 2.75) is 50.7 Å². The maximum atomic E-state index is 14.5. The van der Waals surface area contributed by atoms with Crippen molar-refractivity contribution in [2.24, 2.45) is 0 Å². The molecule has 0 aromatic heterocycles. The lowest BCUT2D eigenvalue weighted by atomic mass is 9.79. The molecule has 8 heteroatoms. The molecule has 1 aliphatic heterocycles. The summed E-state index contributed by atoms with van der Waals surface area (Å²) in [5.41, 5.74) is -0.976. The highest BCUT2D eigenvalue weighted by Crippen LogP contribution is 2.36. The van der Waals surface area contributed by atoms with Crippen molar-refractivity contribution in [3.63, 3.8) is 0 Å². The van der Waals surface area contributed by atoms with Crippen LogP contribution < -0.4 is 5.46 Å². The van der Waals surface area contributed by atoms with E-state index in [0.29, 0.717) is 6.54 Å². The second-order valence-electron chi connectivity index (χ2n) is 6.69. The molecule has 0 spiro atoms. The minimum atomic E-state index is -3.69. The van der Waals surface area contributed by atoms with Crippen LogP contribution in [0.3, 0.4) is 0 Å². The summed E-state index contributed by atoms with van der Waals surface area (Å²) in [4.78, 5) is -0.0837. The lowest BCUT2D eigenvalue weighted by Gasteiger charge is -2.32. The van der Waals surface area contributed by atoms with Crippen molar-refractivity contribution in [3.05, 3.63) is 24.0 Å². The third-order valence-electron chi connectivity index (χ3n) is 4.63. The van der Waals surface area contributed by atoms with Gasteiger partial charge in [0.1, 0.15) is 5.82 Å². The summed E-state index contributed by atoms with van der Waals surface area (Å²) in [5, 5.41) is 0. The van der Waals surface area contributed by atoms with Crippen LogP contribution in [-0.4, -0.2) is 44.6 Å². The van der Waals surface area contributed by atoms with Crippen LogP contribution in [0.1, 0.15) is 34.6 Å². The van der Waals surface area contributed by atoms with Crippen molar-refractivity contribution in [3.8, 4) is 0 Å². The Kier molecular flexibility index (Phi) is 4.67. The fraction of sp³-hybridized carbons (Fsp3) is 0.600. The number of hydrogen-bond donors (Lipinski definition) is 0. The van der Waals surface area contributed by atoms with Crippen LogP contribution >= 0.6 is 0 Å². The maximum Gasteiger partial charge on any atom is 0.497 e. The zero-order chi connectivity index (χ0) is 17.6. The minimum Gasteiger partial charge on any atom is -0.399 e. The van der Waals surface area contributed by atoms with Gasteiger partial charge in [0.15, 0.2) is 0 Å². The number of sulfonamides is 1. The first-order valence-corrected chi connectivity index (χ1v) is 8.98. The van der Waals surface area contributed by atoms with E-state index in [0.717, 1.165) is 10.4 Å². The molecule has 2 rings (SSSR count). The average Bonchev–Trinajstić information content (AvgIpc) is 2.65. The molecule has 0 atom stereocenters. The van der Waals surface area contributed by atoms with Gasteiger partial charge in [0.05, 0.1) is 16.1 Å². The largest absolute Gasteiger partial charge is 0.497 e. The van der Waals surface area contributed by atoms with E-state index in [1.807, 2.05) is 27.7 Å². The zero-order valence-electron chi connectivity index (χ0n) is 14.4. The normalized spacial score (nSPS) is 20.3. The minimum absolute atomic E-state index is 0.0837. The molecule has 23 heavy (non-hydrogen) atoms. The highest BCUT2D eigenvalue weighted by atomic mass is 32.2. The molecule has 1 fully saturated rings. The van der Waals surface area contributed by atoms with Gasteiger partial charge < -0.3 is 9.31 Å². The van der Waals surface area contributed by atoms with Crippen LogP contribution in [-0.2, 0) is 19.3 Å². The molecule has 0 amide bonds. The fourth-order valence-electron chi connectivity index (χ4n) is 2.18. The average molecular weight is 343 g/mol. The zero-order valence-corrected chi connectivity index (χ0v) is 15.2. The van der Waals surface area contributed by atoms with E-state index in [-0.39, 0.29) is 10.4 Å². The summed E-state index contributed by atoms with van der Waals surface area (Å²) in [6, 6.07) is 3.81. The monoisotopic (exact) mass is 343 g/mol. The lowest BCUT2D eigenvalue weighted by molar-refractivity contribution is 0.00578. The highest BCUT2D eigenvalue weighted by Gasteiger charge is 2.52. The molecule has 1 saturated heterocycles. The molecule has 0 N–H and O–H groups in total. The van der Waals surface area contributed by atoms with Gasteiger partial charge in [-0.05, 0) is 39.8 Å². The molecule has 128 valence electrons. The Morgan fingerprint density at radius 1 is 1.17 bits per heavy atom. The van der Waals surface area contributed by atoms with Crippen LogP contribution in [0.2, 0.25) is 0 Å². The van der Waals surface area contributed by atoms with E-state index in [1.165, 1.54) is 19.2 Å². The van der Waals surface area contributed by atoms with Crippen molar-refractivity contribution < 1.29 is 22.1 Å². The second kappa shape index (κ2) is 5.84. The molecular weight excluding hydrogens is 320 g/mol. The number of nitrogens with zero attached hydrogens (tertiary/aromatic N) is 1. The number of halogens is 1. The molecule has 0 unspecified atom stereocenters. The van der Waals surface area contributed by atoms with Gasteiger partial charge in [0.25, 0.3) is 0 Å². The summed E-state index contributed by atoms with van der Waals surface area (Å²) < 4.78 is 51.7. The number of benzene rings is 1. The molecule has 1 aromatic carbocycles. The Bertz CT molecular complexity index is 689. The number of rotatable bonds is 4. The van der Waals surface area contributed by atoms with Gasteiger partial charge in [-0.1, -0.05) is 13.0 Å². The molecule has 1 aliphatic rings. The molecular formula is C15H23BFNO4S. The predicted molar refractivity (Wildman–Crippen MR) is 87.6 cm³/mol. The molecule has 0 radical (unpaired) electrons. The summed E-state index contributed by atoms with van der Waals surface area (Å²) in [6.45, 7) is 9.52. The van der Waals surface area contributed by atoms with Crippen LogP contribution in [0.15, 0.2) is 23.1 Å². The van der Waals surface area contributed by atoms with Crippen LogP contribution in [0.4, 0.5) is 4.39 Å². The molecule has 1 aromatic rings. The fourth-order valence-corrected chi connectivity index (χ4v) is 3.37. The molecule has 5 nitrogen and oxygen atoms in total. The first-order chi connectivity index (χ1) is 10.4. The van der Waals surface area contributed by atoms with Gasteiger partial charge in [-0.15, -0.1) is 0 Å². The summed E-state index contributed by atoms with van der Waals surface area (Å²) in [7, 11) is -3.09. The van der Waals surface area contributed by atoms with Crippen molar-refractivity contribution in [1.29, 1.82) is 0 Å². The van der Waals surface area contributed by atoms with E-state index in [1.54, 1.807) is 6.92 Å². The van der Waals surface area contributed by atoms with E-state index in [2.05, 4.69) is 0 Å². The van der Waals surface area contributed by atoms with E-state index in [4.69, 9.17) is 9.31 Å². The second-order valence-corrected chi connectivity index (χ2v) is 8.74. The standard InChI is InChI=1S/C15H23BFNO4S/c1-7-18(6)23(19,20)11-8-9-12(13(17)10-11)16-21-14(2,3)15(4,5)22-16/h8-10H,7H2,1-6H3. The molecule has 0 saturated carbocycles. The molecule has 0 aliphatic carbocycles. The lowest BCUT2D eigenvalue weighted by Crippen LogP contribution is -2.41. The predicted octanol–water partition coefficient (Wildman–Crippen LogP) is 1.77. The Morgan fingerprint density at radius 3 is 2.13 bits per heavy atom. The van der Waals surface area contributed by atoms with E-state index < -0.39 is 34.2 Å². The van der Waals surface area contributed by atoms with Crippen molar-refractivity contribution >= 4 is 22.6 Å². The van der Waals surface area contributed by atoms with Gasteiger partial charge in [0, 0.05) is 19.1 Å². The van der Waals surface area contributed by atoms with Crippen molar-refractivity contribution in [2.75, 3.05) is 13.6 Å². The Labute approximate surface area is 138 Å². The third-order valence-corrected chi connectivity index (χ3v) is 6.56.